The second kappa shape index (κ2) is 8.13. The molecule has 4 heterocycles. The van der Waals surface area contributed by atoms with Crippen molar-refractivity contribution in [3.05, 3.63) is 34.4 Å². The van der Waals surface area contributed by atoms with E-state index < -0.39 is 0 Å². The van der Waals surface area contributed by atoms with Gasteiger partial charge in [-0.1, -0.05) is 11.6 Å². The largest absolute Gasteiger partial charge is 0.337 e. The van der Waals surface area contributed by atoms with Crippen molar-refractivity contribution in [3.63, 3.8) is 0 Å². The Kier molecular flexibility index (Phi) is 5.59. The molecule has 0 N–H and O–H groups in total. The topological polar surface area (TPSA) is 80.0 Å². The molecule has 0 aliphatic carbocycles. The Hall–Kier alpha value is -2.06. The minimum atomic E-state index is -0.123. The van der Waals surface area contributed by atoms with Crippen molar-refractivity contribution < 1.29 is 4.79 Å². The Labute approximate surface area is 169 Å². The molecule has 2 aromatic rings. The van der Waals surface area contributed by atoms with E-state index in [1.54, 1.807) is 6.92 Å². The van der Waals surface area contributed by atoms with E-state index in [1.165, 1.54) is 19.0 Å². The quantitative estimate of drug-likeness (QED) is 0.778. The first-order valence-electron chi connectivity index (χ1n) is 9.92. The summed E-state index contributed by atoms with van der Waals surface area (Å²) in [5, 5.41) is 9.21. The van der Waals surface area contributed by atoms with Crippen molar-refractivity contribution in [1.29, 1.82) is 0 Å². The summed E-state index contributed by atoms with van der Waals surface area (Å²) in [4.78, 5) is 25.3. The van der Waals surface area contributed by atoms with Crippen LogP contribution >= 0.6 is 11.6 Å². The van der Waals surface area contributed by atoms with Crippen molar-refractivity contribution in [2.75, 3.05) is 26.2 Å². The van der Waals surface area contributed by atoms with Crippen molar-refractivity contribution in [3.8, 4) is 0 Å². The molecule has 1 amide bonds. The third kappa shape index (κ3) is 3.89. The summed E-state index contributed by atoms with van der Waals surface area (Å²) in [6, 6.07) is 0. The lowest BCUT2D eigenvalue weighted by molar-refractivity contribution is 0.0704. The van der Waals surface area contributed by atoms with Crippen molar-refractivity contribution >= 4 is 17.5 Å². The number of hydrogen-bond donors (Lipinski definition) is 0. The van der Waals surface area contributed by atoms with Crippen LogP contribution in [0.4, 0.5) is 0 Å². The van der Waals surface area contributed by atoms with Gasteiger partial charge in [0, 0.05) is 26.1 Å². The first kappa shape index (κ1) is 19.3. The number of carbonyl (C=O) groups excluding carboxylic acids is 1. The van der Waals surface area contributed by atoms with Crippen LogP contribution in [0, 0.1) is 6.92 Å². The fourth-order valence-electron chi connectivity index (χ4n) is 4.11. The van der Waals surface area contributed by atoms with Crippen molar-refractivity contribution in [2.24, 2.45) is 7.05 Å². The molecule has 2 fully saturated rings. The van der Waals surface area contributed by atoms with E-state index in [1.807, 2.05) is 4.90 Å². The first-order valence-corrected chi connectivity index (χ1v) is 10.3. The lowest BCUT2D eigenvalue weighted by Gasteiger charge is -2.31. The number of aromatic nitrogens is 5. The molecule has 0 radical (unpaired) electrons. The fraction of sp³-hybridized carbons (Fsp3) is 0.632. The van der Waals surface area contributed by atoms with Gasteiger partial charge in [0.25, 0.3) is 5.91 Å². The molecule has 0 aromatic carbocycles. The Morgan fingerprint density at radius 2 is 1.89 bits per heavy atom. The molecule has 0 bridgehead atoms. The van der Waals surface area contributed by atoms with E-state index >= 15 is 0 Å². The first-order chi connectivity index (χ1) is 13.5. The van der Waals surface area contributed by atoms with E-state index in [9.17, 15) is 4.79 Å². The van der Waals surface area contributed by atoms with Crippen LogP contribution in [0.25, 0.3) is 0 Å². The summed E-state index contributed by atoms with van der Waals surface area (Å²) in [5.41, 5.74) is 0.291. The number of aryl methyl sites for hydroxylation is 1. The number of halogens is 1. The monoisotopic (exact) mass is 403 g/mol. The average Bonchev–Trinajstić information content (AvgIpc) is 3.34. The van der Waals surface area contributed by atoms with Crippen LogP contribution in [0.2, 0.25) is 5.02 Å². The molecule has 9 heteroatoms. The fourth-order valence-corrected chi connectivity index (χ4v) is 4.28. The van der Waals surface area contributed by atoms with Gasteiger partial charge < -0.3 is 9.47 Å². The van der Waals surface area contributed by atoms with E-state index in [0.717, 1.165) is 44.1 Å². The second-order valence-corrected chi connectivity index (χ2v) is 8.10. The minimum absolute atomic E-state index is 0.123. The predicted molar refractivity (Wildman–Crippen MR) is 105 cm³/mol. The normalized spacial score (nSPS) is 18.8. The Balaban J connectivity index is 1.39. The maximum atomic E-state index is 12.8. The smallest absolute Gasteiger partial charge is 0.274 e. The van der Waals surface area contributed by atoms with E-state index in [4.69, 9.17) is 11.6 Å². The molecule has 2 aliphatic rings. The van der Waals surface area contributed by atoms with Crippen molar-refractivity contribution in [2.45, 2.75) is 45.1 Å². The Morgan fingerprint density at radius 1 is 1.18 bits per heavy atom. The van der Waals surface area contributed by atoms with Gasteiger partial charge in [-0.3, -0.25) is 9.69 Å². The maximum absolute atomic E-state index is 12.8. The molecule has 2 aliphatic heterocycles. The Morgan fingerprint density at radius 3 is 2.61 bits per heavy atom. The van der Waals surface area contributed by atoms with Gasteiger partial charge in [-0.25, -0.2) is 9.97 Å². The van der Waals surface area contributed by atoms with Crippen LogP contribution in [0.3, 0.4) is 0 Å². The van der Waals surface area contributed by atoms with Gasteiger partial charge in [-0.15, -0.1) is 10.2 Å². The molecule has 0 atom stereocenters. The van der Waals surface area contributed by atoms with E-state index in [0.29, 0.717) is 35.5 Å². The number of piperidine rings is 1. The molecule has 2 saturated heterocycles. The molecular weight excluding hydrogens is 378 g/mol. The highest BCUT2D eigenvalue weighted by Gasteiger charge is 2.29. The lowest BCUT2D eigenvalue weighted by atomic mass is 9.95. The zero-order chi connectivity index (χ0) is 19.7. The zero-order valence-corrected chi connectivity index (χ0v) is 17.2. The molecule has 8 nitrogen and oxygen atoms in total. The van der Waals surface area contributed by atoms with Crippen LogP contribution in [0.5, 0.6) is 0 Å². The van der Waals surface area contributed by atoms with Gasteiger partial charge in [0.1, 0.15) is 17.5 Å². The number of nitrogens with zero attached hydrogens (tertiary/aromatic N) is 7. The number of amides is 1. The molecule has 0 saturated carbocycles. The number of rotatable bonds is 4. The molecule has 0 unspecified atom stereocenters. The highest BCUT2D eigenvalue weighted by atomic mass is 35.5. The minimum Gasteiger partial charge on any atom is -0.337 e. The highest BCUT2D eigenvalue weighted by molar-refractivity contribution is 6.33. The van der Waals surface area contributed by atoms with Crippen LogP contribution in [-0.4, -0.2) is 66.6 Å². The van der Waals surface area contributed by atoms with Crippen LogP contribution in [0.1, 0.15) is 59.6 Å². The lowest BCUT2D eigenvalue weighted by Crippen LogP contribution is -2.39. The van der Waals surface area contributed by atoms with Crippen LogP contribution in [0.15, 0.2) is 6.20 Å². The van der Waals surface area contributed by atoms with Gasteiger partial charge in [-0.05, 0) is 45.7 Å². The maximum Gasteiger partial charge on any atom is 0.274 e. The second-order valence-electron chi connectivity index (χ2n) is 7.70. The molecule has 28 heavy (non-hydrogen) atoms. The van der Waals surface area contributed by atoms with E-state index in [2.05, 4.69) is 36.7 Å². The highest BCUT2D eigenvalue weighted by Crippen LogP contribution is 2.28. The molecule has 150 valence electrons. The van der Waals surface area contributed by atoms with Crippen molar-refractivity contribution in [1.82, 2.24) is 34.5 Å². The number of carbonyl (C=O) groups is 1. The van der Waals surface area contributed by atoms with Crippen LogP contribution < -0.4 is 0 Å². The van der Waals surface area contributed by atoms with Gasteiger partial charge in [0.15, 0.2) is 5.69 Å². The summed E-state index contributed by atoms with van der Waals surface area (Å²) >= 11 is 6.13. The molecule has 4 rings (SSSR count). The van der Waals surface area contributed by atoms with Gasteiger partial charge in [0.2, 0.25) is 0 Å². The summed E-state index contributed by atoms with van der Waals surface area (Å²) in [5.74, 6) is 2.79. The van der Waals surface area contributed by atoms with E-state index in [-0.39, 0.29) is 5.91 Å². The summed E-state index contributed by atoms with van der Waals surface area (Å²) < 4.78 is 2.14. The third-order valence-electron chi connectivity index (χ3n) is 5.78. The standard InChI is InChI=1S/C19H26ClN7O/c1-13-21-11-15(20)17(22-13)19(28)27-9-5-14(6-10-27)18-24-23-16(25(18)2)12-26-7-3-4-8-26/h11,14H,3-10,12H2,1-2H3. The van der Waals surface area contributed by atoms with Gasteiger partial charge in [0.05, 0.1) is 17.8 Å². The summed E-state index contributed by atoms with van der Waals surface area (Å²) in [6.07, 6.45) is 5.76. The van der Waals surface area contributed by atoms with Crippen LogP contribution in [-0.2, 0) is 13.6 Å². The molecular formula is C19H26ClN7O. The van der Waals surface area contributed by atoms with Gasteiger partial charge >= 0.3 is 0 Å². The zero-order valence-electron chi connectivity index (χ0n) is 16.4. The number of hydrogen-bond acceptors (Lipinski definition) is 6. The molecule has 0 spiro atoms. The molecule has 2 aromatic heterocycles. The third-order valence-corrected chi connectivity index (χ3v) is 6.05. The summed E-state index contributed by atoms with van der Waals surface area (Å²) in [7, 11) is 2.06. The predicted octanol–water partition coefficient (Wildman–Crippen LogP) is 2.18. The summed E-state index contributed by atoms with van der Waals surface area (Å²) in [6.45, 7) is 6.25. The SMILES string of the molecule is Cc1ncc(Cl)c(C(=O)N2CCC(c3nnc(CN4CCCC4)n3C)CC2)n1. The number of likely N-dealkylation sites (tertiary alicyclic amines) is 2. The Bertz CT molecular complexity index is 854. The average molecular weight is 404 g/mol. The van der Waals surface area contributed by atoms with Gasteiger partial charge in [-0.2, -0.15) is 0 Å².